The highest BCUT2D eigenvalue weighted by molar-refractivity contribution is 7.22. The van der Waals surface area contributed by atoms with Gasteiger partial charge in [0.15, 0.2) is 4.47 Å². The van der Waals surface area contributed by atoms with Crippen LogP contribution in [0.25, 0.3) is 10.2 Å². The summed E-state index contributed by atoms with van der Waals surface area (Å²) in [5, 5.41) is 3.40. The van der Waals surface area contributed by atoms with Crippen LogP contribution in [-0.2, 0) is 6.42 Å². The summed E-state index contributed by atoms with van der Waals surface area (Å²) in [6.07, 6.45) is 2.35. The highest BCUT2D eigenvalue weighted by atomic mass is 35.5. The molecule has 0 saturated carbocycles. The van der Waals surface area contributed by atoms with Gasteiger partial charge in [-0.05, 0) is 30.5 Å². The number of rotatable bonds is 0. The van der Waals surface area contributed by atoms with E-state index in [-0.39, 0.29) is 0 Å². The van der Waals surface area contributed by atoms with Crippen LogP contribution in [0, 0.1) is 0 Å². The molecule has 2 aromatic rings. The van der Waals surface area contributed by atoms with Gasteiger partial charge in [-0.25, -0.2) is 4.98 Å². The molecule has 72 valence electrons. The number of nitrogens with zero attached hydrogens (tertiary/aromatic N) is 1. The molecule has 1 aliphatic heterocycles. The molecule has 2 nitrogen and oxygen atoms in total. The zero-order chi connectivity index (χ0) is 9.54. The van der Waals surface area contributed by atoms with Crippen LogP contribution in [0.2, 0.25) is 4.47 Å². The van der Waals surface area contributed by atoms with E-state index in [0.29, 0.717) is 4.47 Å². The monoisotopic (exact) mass is 224 g/mol. The van der Waals surface area contributed by atoms with E-state index in [0.717, 1.165) is 18.5 Å². The first-order valence-corrected chi connectivity index (χ1v) is 5.85. The molecule has 0 saturated heterocycles. The molecular formula is C10H9ClN2S. The van der Waals surface area contributed by atoms with Gasteiger partial charge in [-0.3, -0.25) is 0 Å². The van der Waals surface area contributed by atoms with Gasteiger partial charge < -0.3 is 5.32 Å². The van der Waals surface area contributed by atoms with Crippen molar-refractivity contribution < 1.29 is 0 Å². The standard InChI is InChI=1S/C10H9ClN2S/c11-10-13-8-4-6-2-1-3-12-7(6)5-9(8)14-10/h4-5,12H,1-3H2. The molecule has 0 amide bonds. The largest absolute Gasteiger partial charge is 0.385 e. The minimum absolute atomic E-state index is 0.627. The van der Waals surface area contributed by atoms with Crippen molar-refractivity contribution in [3.05, 3.63) is 22.2 Å². The highest BCUT2D eigenvalue weighted by Gasteiger charge is 2.11. The molecule has 4 heteroatoms. The van der Waals surface area contributed by atoms with E-state index in [9.17, 15) is 0 Å². The number of aryl methyl sites for hydroxylation is 1. The van der Waals surface area contributed by atoms with Crippen molar-refractivity contribution in [2.24, 2.45) is 0 Å². The van der Waals surface area contributed by atoms with Gasteiger partial charge in [-0.1, -0.05) is 11.6 Å². The molecule has 2 heterocycles. The lowest BCUT2D eigenvalue weighted by atomic mass is 10.0. The molecule has 1 aromatic heterocycles. The van der Waals surface area contributed by atoms with Crippen molar-refractivity contribution in [3.63, 3.8) is 0 Å². The maximum absolute atomic E-state index is 5.88. The Morgan fingerprint density at radius 3 is 3.29 bits per heavy atom. The predicted molar refractivity (Wildman–Crippen MR) is 61.4 cm³/mol. The summed E-state index contributed by atoms with van der Waals surface area (Å²) >= 11 is 7.42. The molecule has 0 atom stereocenters. The maximum Gasteiger partial charge on any atom is 0.184 e. The first-order valence-electron chi connectivity index (χ1n) is 4.66. The van der Waals surface area contributed by atoms with E-state index in [1.54, 1.807) is 0 Å². The number of thiazole rings is 1. The second-order valence-electron chi connectivity index (χ2n) is 3.47. The van der Waals surface area contributed by atoms with Crippen LogP contribution < -0.4 is 5.32 Å². The van der Waals surface area contributed by atoms with E-state index in [1.165, 1.54) is 33.7 Å². The van der Waals surface area contributed by atoms with Crippen molar-refractivity contribution in [3.8, 4) is 0 Å². The van der Waals surface area contributed by atoms with Gasteiger partial charge in [0.05, 0.1) is 10.2 Å². The van der Waals surface area contributed by atoms with Crippen molar-refractivity contribution in [2.75, 3.05) is 11.9 Å². The van der Waals surface area contributed by atoms with Crippen LogP contribution in [0.1, 0.15) is 12.0 Å². The van der Waals surface area contributed by atoms with Crippen LogP contribution in [0.5, 0.6) is 0 Å². The van der Waals surface area contributed by atoms with E-state index < -0.39 is 0 Å². The van der Waals surface area contributed by atoms with Crippen molar-refractivity contribution in [1.82, 2.24) is 4.98 Å². The molecule has 0 spiro atoms. The second-order valence-corrected chi connectivity index (χ2v) is 5.09. The summed E-state index contributed by atoms with van der Waals surface area (Å²) in [5.74, 6) is 0. The molecule has 0 radical (unpaired) electrons. The number of hydrogen-bond donors (Lipinski definition) is 1. The lowest BCUT2D eigenvalue weighted by Crippen LogP contribution is -2.11. The van der Waals surface area contributed by atoms with Crippen LogP contribution in [0.3, 0.4) is 0 Å². The van der Waals surface area contributed by atoms with Crippen molar-refractivity contribution in [2.45, 2.75) is 12.8 Å². The van der Waals surface area contributed by atoms with Gasteiger partial charge in [-0.15, -0.1) is 11.3 Å². The summed E-state index contributed by atoms with van der Waals surface area (Å²) in [7, 11) is 0. The van der Waals surface area contributed by atoms with Gasteiger partial charge in [0.1, 0.15) is 0 Å². The average Bonchev–Trinajstić information content (AvgIpc) is 2.53. The number of benzene rings is 1. The summed E-state index contributed by atoms with van der Waals surface area (Å²) < 4.78 is 1.80. The third-order valence-electron chi connectivity index (χ3n) is 2.53. The minimum Gasteiger partial charge on any atom is -0.385 e. The van der Waals surface area contributed by atoms with Crippen LogP contribution in [-0.4, -0.2) is 11.5 Å². The number of aromatic nitrogens is 1. The van der Waals surface area contributed by atoms with Crippen molar-refractivity contribution in [1.29, 1.82) is 0 Å². The molecule has 14 heavy (non-hydrogen) atoms. The van der Waals surface area contributed by atoms with Crippen LogP contribution in [0.15, 0.2) is 12.1 Å². The number of anilines is 1. The molecular weight excluding hydrogens is 216 g/mol. The number of hydrogen-bond acceptors (Lipinski definition) is 3. The lowest BCUT2D eigenvalue weighted by Gasteiger charge is -2.17. The second kappa shape index (κ2) is 3.11. The topological polar surface area (TPSA) is 24.9 Å². The van der Waals surface area contributed by atoms with E-state index in [2.05, 4.69) is 22.4 Å². The Bertz CT molecular complexity index is 449. The zero-order valence-corrected chi connectivity index (χ0v) is 9.08. The molecule has 1 N–H and O–H groups in total. The molecule has 1 aromatic carbocycles. The summed E-state index contributed by atoms with van der Waals surface area (Å²) in [6, 6.07) is 4.31. The first kappa shape index (κ1) is 8.50. The SMILES string of the molecule is Clc1nc2cc3c(cc2s1)NCCC3. The van der Waals surface area contributed by atoms with Gasteiger partial charge in [0.25, 0.3) is 0 Å². The summed E-state index contributed by atoms with van der Waals surface area (Å²) in [5.41, 5.74) is 3.65. The Kier molecular flexibility index (Phi) is 1.89. The molecule has 0 bridgehead atoms. The van der Waals surface area contributed by atoms with E-state index in [4.69, 9.17) is 11.6 Å². The predicted octanol–water partition coefficient (Wildman–Crippen LogP) is 3.31. The summed E-state index contributed by atoms with van der Waals surface area (Å²) in [6.45, 7) is 1.07. The number of nitrogens with one attached hydrogen (secondary N) is 1. The third-order valence-corrected chi connectivity index (χ3v) is 3.65. The molecule has 3 rings (SSSR count). The van der Waals surface area contributed by atoms with Gasteiger partial charge in [-0.2, -0.15) is 0 Å². The Morgan fingerprint density at radius 2 is 2.36 bits per heavy atom. The number of halogens is 1. The minimum atomic E-state index is 0.627. The lowest BCUT2D eigenvalue weighted by molar-refractivity contribution is 0.832. The Morgan fingerprint density at radius 1 is 1.43 bits per heavy atom. The zero-order valence-electron chi connectivity index (χ0n) is 7.51. The first-order chi connectivity index (χ1) is 6.83. The van der Waals surface area contributed by atoms with Gasteiger partial charge in [0, 0.05) is 12.2 Å². The average molecular weight is 225 g/mol. The van der Waals surface area contributed by atoms with Crippen LogP contribution >= 0.6 is 22.9 Å². The smallest absolute Gasteiger partial charge is 0.184 e. The molecule has 0 aliphatic carbocycles. The number of fused-ring (bicyclic) bond motifs is 2. The van der Waals surface area contributed by atoms with E-state index in [1.807, 2.05) is 0 Å². The molecule has 0 fully saturated rings. The third kappa shape index (κ3) is 1.28. The molecule has 1 aliphatic rings. The molecule has 0 unspecified atom stereocenters. The van der Waals surface area contributed by atoms with E-state index >= 15 is 0 Å². The highest BCUT2D eigenvalue weighted by Crippen LogP contribution is 2.32. The Balaban J connectivity index is 2.26. The fraction of sp³-hybridized carbons (Fsp3) is 0.300. The van der Waals surface area contributed by atoms with Crippen LogP contribution in [0.4, 0.5) is 5.69 Å². The van der Waals surface area contributed by atoms with Gasteiger partial charge >= 0.3 is 0 Å². The Labute approximate surface area is 90.9 Å². The maximum atomic E-state index is 5.88. The van der Waals surface area contributed by atoms with Crippen molar-refractivity contribution >= 4 is 38.8 Å². The van der Waals surface area contributed by atoms with Gasteiger partial charge in [0.2, 0.25) is 0 Å². The fourth-order valence-electron chi connectivity index (χ4n) is 1.86. The quantitative estimate of drug-likeness (QED) is 0.743. The Hall–Kier alpha value is -0.800. The summed E-state index contributed by atoms with van der Waals surface area (Å²) in [4.78, 5) is 4.28. The fourth-order valence-corrected chi connectivity index (χ4v) is 2.91. The normalized spacial score (nSPS) is 15.2.